The molecular formula is C22H23N5O2S2. The number of ether oxygens (including phenoxy) is 1. The Bertz CT molecular complexity index is 1080. The first kappa shape index (κ1) is 21.5. The molecule has 1 aromatic heterocycles. The summed E-state index contributed by atoms with van der Waals surface area (Å²) in [5.41, 5.74) is 3.07. The fraction of sp³-hybridized carbons (Fsp3) is 0.273. The number of amides is 1. The summed E-state index contributed by atoms with van der Waals surface area (Å²) in [6, 6.07) is 15.9. The Balaban J connectivity index is 1.52. The summed E-state index contributed by atoms with van der Waals surface area (Å²) >= 11 is 2.90. The van der Waals surface area contributed by atoms with Crippen molar-refractivity contribution in [1.29, 1.82) is 0 Å². The van der Waals surface area contributed by atoms with Gasteiger partial charge in [-0.15, -0.1) is 10.2 Å². The van der Waals surface area contributed by atoms with Gasteiger partial charge in [-0.2, -0.15) is 0 Å². The van der Waals surface area contributed by atoms with Crippen LogP contribution in [0.25, 0.3) is 5.69 Å². The Labute approximate surface area is 189 Å². The van der Waals surface area contributed by atoms with Crippen molar-refractivity contribution in [2.45, 2.75) is 25.6 Å². The van der Waals surface area contributed by atoms with Crippen LogP contribution in [0.5, 0.6) is 5.75 Å². The average Bonchev–Trinajstić information content (AvgIpc) is 3.42. The average molecular weight is 454 g/mol. The topological polar surface area (TPSA) is 81.4 Å². The SMILES string of the molecule is Cc1cccc(C)c1OCc1nnc(SCC(=O)NC2=NCCS2)n1-c1ccccc1. The predicted octanol–water partition coefficient (Wildman–Crippen LogP) is 3.77. The van der Waals surface area contributed by atoms with E-state index in [-0.39, 0.29) is 18.3 Å². The molecule has 1 N–H and O–H groups in total. The van der Waals surface area contributed by atoms with Crippen LogP contribution in [-0.4, -0.2) is 43.9 Å². The fourth-order valence-electron chi connectivity index (χ4n) is 3.18. The quantitative estimate of drug-likeness (QED) is 0.549. The van der Waals surface area contributed by atoms with Crippen LogP contribution in [0, 0.1) is 13.8 Å². The van der Waals surface area contributed by atoms with E-state index < -0.39 is 0 Å². The number of aryl methyl sites for hydroxylation is 2. The standard InChI is InChI=1S/C22H23N5O2S2/c1-15-7-6-8-16(2)20(15)29-13-18-25-26-22(27(18)17-9-4-3-5-10-17)31-14-19(28)24-21-23-11-12-30-21/h3-10H,11-14H2,1-2H3,(H,23,24,28). The molecule has 0 atom stereocenters. The van der Waals surface area contributed by atoms with Crippen molar-refractivity contribution in [3.8, 4) is 11.4 Å². The van der Waals surface area contributed by atoms with E-state index in [0.717, 1.165) is 34.9 Å². The summed E-state index contributed by atoms with van der Waals surface area (Å²) in [6.07, 6.45) is 0. The summed E-state index contributed by atoms with van der Waals surface area (Å²) < 4.78 is 8.05. The van der Waals surface area contributed by atoms with E-state index in [1.54, 1.807) is 11.8 Å². The van der Waals surface area contributed by atoms with E-state index in [1.807, 2.05) is 66.9 Å². The third-order valence-corrected chi connectivity index (χ3v) is 6.45. The predicted molar refractivity (Wildman–Crippen MR) is 125 cm³/mol. The number of para-hydroxylation sites is 2. The number of benzene rings is 2. The van der Waals surface area contributed by atoms with Gasteiger partial charge in [0.15, 0.2) is 16.1 Å². The molecule has 7 nitrogen and oxygen atoms in total. The van der Waals surface area contributed by atoms with Gasteiger partial charge in [-0.25, -0.2) is 0 Å². The molecule has 1 aliphatic heterocycles. The first-order valence-electron chi connectivity index (χ1n) is 9.90. The van der Waals surface area contributed by atoms with E-state index in [1.165, 1.54) is 11.8 Å². The zero-order chi connectivity index (χ0) is 21.6. The second kappa shape index (κ2) is 10.0. The van der Waals surface area contributed by atoms with Crippen LogP contribution in [0.3, 0.4) is 0 Å². The molecule has 0 spiro atoms. The van der Waals surface area contributed by atoms with Crippen molar-refractivity contribution in [1.82, 2.24) is 20.1 Å². The lowest BCUT2D eigenvalue weighted by molar-refractivity contribution is -0.117. The molecule has 160 valence electrons. The van der Waals surface area contributed by atoms with Crippen LogP contribution in [0.15, 0.2) is 58.7 Å². The van der Waals surface area contributed by atoms with Gasteiger partial charge in [-0.3, -0.25) is 14.4 Å². The van der Waals surface area contributed by atoms with Crippen molar-refractivity contribution in [3.05, 3.63) is 65.5 Å². The van der Waals surface area contributed by atoms with Gasteiger partial charge in [-0.05, 0) is 37.1 Å². The van der Waals surface area contributed by atoms with E-state index in [9.17, 15) is 4.79 Å². The molecule has 0 radical (unpaired) electrons. The van der Waals surface area contributed by atoms with E-state index in [2.05, 4.69) is 20.5 Å². The largest absolute Gasteiger partial charge is 0.485 e. The Morgan fingerprint density at radius 3 is 2.61 bits per heavy atom. The molecule has 2 heterocycles. The van der Waals surface area contributed by atoms with Crippen molar-refractivity contribution < 1.29 is 9.53 Å². The highest BCUT2D eigenvalue weighted by Gasteiger charge is 2.18. The first-order chi connectivity index (χ1) is 15.1. The van der Waals surface area contributed by atoms with Gasteiger partial charge in [0.25, 0.3) is 0 Å². The van der Waals surface area contributed by atoms with Gasteiger partial charge < -0.3 is 10.1 Å². The molecule has 31 heavy (non-hydrogen) atoms. The number of aromatic nitrogens is 3. The maximum atomic E-state index is 12.3. The molecule has 0 fully saturated rings. The van der Waals surface area contributed by atoms with Crippen molar-refractivity contribution in [3.63, 3.8) is 0 Å². The third-order valence-electron chi connectivity index (χ3n) is 4.63. The normalized spacial score (nSPS) is 13.2. The summed E-state index contributed by atoms with van der Waals surface area (Å²) in [6.45, 7) is 5.07. The fourth-order valence-corrected chi connectivity index (χ4v) is 4.70. The Morgan fingerprint density at radius 2 is 1.90 bits per heavy atom. The molecule has 2 aromatic carbocycles. The number of nitrogens with zero attached hydrogens (tertiary/aromatic N) is 4. The minimum atomic E-state index is -0.103. The molecule has 9 heteroatoms. The second-order valence-electron chi connectivity index (χ2n) is 6.95. The molecule has 0 saturated heterocycles. The summed E-state index contributed by atoms with van der Waals surface area (Å²) in [5, 5.41) is 12.9. The molecule has 3 aromatic rings. The Kier molecular flexibility index (Phi) is 6.93. The number of hydrogen-bond donors (Lipinski definition) is 1. The van der Waals surface area contributed by atoms with Crippen LogP contribution in [0.1, 0.15) is 17.0 Å². The van der Waals surface area contributed by atoms with Gasteiger partial charge in [0.05, 0.1) is 12.3 Å². The van der Waals surface area contributed by atoms with Gasteiger partial charge >= 0.3 is 0 Å². The maximum absolute atomic E-state index is 12.3. The number of carbonyl (C=O) groups excluding carboxylic acids is 1. The first-order valence-corrected chi connectivity index (χ1v) is 11.9. The van der Waals surface area contributed by atoms with Gasteiger partial charge in [0, 0.05) is 11.4 Å². The highest BCUT2D eigenvalue weighted by atomic mass is 32.2. The number of hydrogen-bond acceptors (Lipinski definition) is 7. The summed E-state index contributed by atoms with van der Waals surface area (Å²) in [7, 11) is 0. The molecule has 0 aliphatic carbocycles. The number of aliphatic imine (C=N–C) groups is 1. The van der Waals surface area contributed by atoms with Crippen LogP contribution in [-0.2, 0) is 11.4 Å². The van der Waals surface area contributed by atoms with Crippen LogP contribution in [0.2, 0.25) is 0 Å². The number of rotatable bonds is 7. The van der Waals surface area contributed by atoms with E-state index in [4.69, 9.17) is 4.74 Å². The smallest absolute Gasteiger partial charge is 0.236 e. The molecule has 0 saturated carbocycles. The van der Waals surface area contributed by atoms with E-state index >= 15 is 0 Å². The maximum Gasteiger partial charge on any atom is 0.236 e. The lowest BCUT2D eigenvalue weighted by Crippen LogP contribution is -2.29. The van der Waals surface area contributed by atoms with Crippen molar-refractivity contribution in [2.24, 2.45) is 4.99 Å². The minimum Gasteiger partial charge on any atom is -0.485 e. The minimum absolute atomic E-state index is 0.103. The van der Waals surface area contributed by atoms with Gasteiger partial charge in [-0.1, -0.05) is 59.9 Å². The summed E-state index contributed by atoms with van der Waals surface area (Å²) in [5.74, 6) is 2.56. The highest BCUT2D eigenvalue weighted by molar-refractivity contribution is 8.14. The van der Waals surface area contributed by atoms with Crippen molar-refractivity contribution >= 4 is 34.6 Å². The number of carbonyl (C=O) groups is 1. The van der Waals surface area contributed by atoms with Crippen LogP contribution < -0.4 is 10.1 Å². The van der Waals surface area contributed by atoms with E-state index in [0.29, 0.717) is 16.1 Å². The number of nitrogens with one attached hydrogen (secondary N) is 1. The van der Waals surface area contributed by atoms with Gasteiger partial charge in [0.2, 0.25) is 5.91 Å². The zero-order valence-corrected chi connectivity index (χ0v) is 19.0. The van der Waals surface area contributed by atoms with Crippen LogP contribution in [0.4, 0.5) is 0 Å². The van der Waals surface area contributed by atoms with Crippen molar-refractivity contribution in [2.75, 3.05) is 18.1 Å². The lowest BCUT2D eigenvalue weighted by Gasteiger charge is -2.13. The Morgan fingerprint density at radius 1 is 1.13 bits per heavy atom. The molecule has 1 amide bonds. The molecule has 0 bridgehead atoms. The van der Waals surface area contributed by atoms with Crippen LogP contribution >= 0.6 is 23.5 Å². The monoisotopic (exact) mass is 453 g/mol. The Hall–Kier alpha value is -2.78. The molecular weight excluding hydrogens is 430 g/mol. The number of amidine groups is 1. The second-order valence-corrected chi connectivity index (χ2v) is 8.98. The zero-order valence-electron chi connectivity index (χ0n) is 17.4. The third kappa shape index (κ3) is 5.29. The lowest BCUT2D eigenvalue weighted by atomic mass is 10.1. The summed E-state index contributed by atoms with van der Waals surface area (Å²) in [4.78, 5) is 16.6. The molecule has 4 rings (SSSR count). The van der Waals surface area contributed by atoms with Gasteiger partial charge in [0.1, 0.15) is 12.4 Å². The highest BCUT2D eigenvalue weighted by Crippen LogP contribution is 2.26. The molecule has 1 aliphatic rings. The number of thioether (sulfide) groups is 2. The molecule has 0 unspecified atom stereocenters.